The van der Waals surface area contributed by atoms with Crippen molar-refractivity contribution in [2.45, 2.75) is 19.8 Å². The minimum absolute atomic E-state index is 0.529. The Morgan fingerprint density at radius 3 is 2.83 bits per heavy atom. The molecule has 0 unspecified atom stereocenters. The lowest BCUT2D eigenvalue weighted by molar-refractivity contribution is 0.871. The Labute approximate surface area is 75.4 Å². The lowest BCUT2D eigenvalue weighted by Crippen LogP contribution is -1.87. The molecule has 2 nitrogen and oxygen atoms in total. The van der Waals surface area contributed by atoms with Crippen LogP contribution in [-0.4, -0.2) is 9.36 Å². The summed E-state index contributed by atoms with van der Waals surface area (Å²) in [6.07, 6.45) is 5.68. The van der Waals surface area contributed by atoms with Crippen molar-refractivity contribution in [3.8, 4) is 0 Å². The van der Waals surface area contributed by atoms with E-state index in [9.17, 15) is 0 Å². The van der Waals surface area contributed by atoms with Crippen molar-refractivity contribution in [1.82, 2.24) is 9.36 Å². The molecule has 0 aromatic carbocycles. The maximum Gasteiger partial charge on any atom is 0.0615 e. The molecule has 2 rings (SSSR count). The number of fused-ring (bicyclic) bond motifs is 1. The van der Waals surface area contributed by atoms with Crippen LogP contribution in [0.25, 0.3) is 10.1 Å². The summed E-state index contributed by atoms with van der Waals surface area (Å²) in [7, 11) is 0. The molecule has 0 saturated carbocycles. The number of rotatable bonds is 1. The van der Waals surface area contributed by atoms with Crippen LogP contribution in [0.2, 0.25) is 0 Å². The molecule has 12 heavy (non-hydrogen) atoms. The molecule has 3 heteroatoms. The van der Waals surface area contributed by atoms with Gasteiger partial charge in [-0.15, -0.1) is 0 Å². The molecule has 0 saturated heterocycles. The van der Waals surface area contributed by atoms with Crippen LogP contribution in [-0.2, 0) is 0 Å². The van der Waals surface area contributed by atoms with E-state index in [1.165, 1.54) is 10.3 Å². The standard InChI is InChI=1S/C9H10N2S/c1-6(2)8-5-10-3-7-4-11-12-9(7)8/h3-6H,1-2H3. The van der Waals surface area contributed by atoms with Gasteiger partial charge in [-0.25, -0.2) is 0 Å². The van der Waals surface area contributed by atoms with E-state index in [2.05, 4.69) is 23.2 Å². The van der Waals surface area contributed by atoms with Gasteiger partial charge in [0.05, 0.1) is 10.9 Å². The van der Waals surface area contributed by atoms with E-state index in [0.29, 0.717) is 5.92 Å². The third-order valence-electron chi connectivity index (χ3n) is 1.91. The van der Waals surface area contributed by atoms with Gasteiger partial charge in [0.2, 0.25) is 0 Å². The molecule has 0 N–H and O–H groups in total. The van der Waals surface area contributed by atoms with Gasteiger partial charge >= 0.3 is 0 Å². The molecule has 0 aliphatic carbocycles. The summed E-state index contributed by atoms with van der Waals surface area (Å²) < 4.78 is 5.42. The van der Waals surface area contributed by atoms with Crippen LogP contribution in [0.5, 0.6) is 0 Å². The summed E-state index contributed by atoms with van der Waals surface area (Å²) >= 11 is 1.55. The first kappa shape index (κ1) is 7.68. The van der Waals surface area contributed by atoms with Gasteiger partial charge in [-0.1, -0.05) is 13.8 Å². The average molecular weight is 178 g/mol. The molecular weight excluding hydrogens is 168 g/mol. The van der Waals surface area contributed by atoms with Crippen molar-refractivity contribution in [3.63, 3.8) is 0 Å². The van der Waals surface area contributed by atoms with Crippen molar-refractivity contribution in [1.29, 1.82) is 0 Å². The normalized spacial score (nSPS) is 11.2. The number of pyridine rings is 1. The Balaban J connectivity index is 2.73. The van der Waals surface area contributed by atoms with Gasteiger partial charge in [0.15, 0.2) is 0 Å². The fourth-order valence-corrected chi connectivity index (χ4v) is 2.10. The van der Waals surface area contributed by atoms with Crippen LogP contribution in [0.1, 0.15) is 25.3 Å². The zero-order valence-electron chi connectivity index (χ0n) is 7.11. The quantitative estimate of drug-likeness (QED) is 0.671. The lowest BCUT2D eigenvalue weighted by Gasteiger charge is -2.03. The van der Waals surface area contributed by atoms with Crippen LogP contribution in [0.15, 0.2) is 18.6 Å². The Morgan fingerprint density at radius 1 is 1.25 bits per heavy atom. The molecule has 0 amide bonds. The number of nitrogens with zero attached hydrogens (tertiary/aromatic N) is 2. The predicted molar refractivity (Wildman–Crippen MR) is 51.5 cm³/mol. The van der Waals surface area contributed by atoms with Gasteiger partial charge in [-0.3, -0.25) is 4.98 Å². The van der Waals surface area contributed by atoms with Crippen LogP contribution in [0.3, 0.4) is 0 Å². The smallest absolute Gasteiger partial charge is 0.0615 e. The monoisotopic (exact) mass is 178 g/mol. The molecule has 0 spiro atoms. The second kappa shape index (κ2) is 2.83. The highest BCUT2D eigenvalue weighted by molar-refractivity contribution is 7.13. The number of hydrogen-bond acceptors (Lipinski definition) is 3. The molecular formula is C9H10N2S. The zero-order chi connectivity index (χ0) is 8.55. The van der Waals surface area contributed by atoms with Crippen molar-refractivity contribution in [2.24, 2.45) is 0 Å². The SMILES string of the molecule is CC(C)c1cncc2cnsc12. The molecule has 0 aliphatic heterocycles. The van der Waals surface area contributed by atoms with Crippen LogP contribution >= 0.6 is 11.5 Å². The number of hydrogen-bond donors (Lipinski definition) is 0. The van der Waals surface area contributed by atoms with E-state index < -0.39 is 0 Å². The number of aromatic nitrogens is 2. The van der Waals surface area contributed by atoms with E-state index >= 15 is 0 Å². The molecule has 2 aromatic heterocycles. The molecule has 2 aromatic rings. The third-order valence-corrected chi connectivity index (χ3v) is 2.77. The van der Waals surface area contributed by atoms with Gasteiger partial charge in [0, 0.05) is 17.8 Å². The first-order valence-electron chi connectivity index (χ1n) is 3.97. The van der Waals surface area contributed by atoms with E-state index in [1.54, 1.807) is 11.5 Å². The van der Waals surface area contributed by atoms with Gasteiger partial charge in [-0.05, 0) is 23.0 Å². The van der Waals surface area contributed by atoms with Crippen LogP contribution in [0, 0.1) is 0 Å². The molecule has 62 valence electrons. The van der Waals surface area contributed by atoms with Gasteiger partial charge in [0.1, 0.15) is 0 Å². The van der Waals surface area contributed by atoms with Crippen molar-refractivity contribution >= 4 is 21.6 Å². The van der Waals surface area contributed by atoms with E-state index in [4.69, 9.17) is 0 Å². The molecule has 0 aliphatic rings. The first-order valence-corrected chi connectivity index (χ1v) is 4.74. The van der Waals surface area contributed by atoms with Crippen molar-refractivity contribution < 1.29 is 0 Å². The largest absolute Gasteiger partial charge is 0.264 e. The molecule has 0 fully saturated rings. The van der Waals surface area contributed by atoms with Gasteiger partial charge in [-0.2, -0.15) is 4.37 Å². The molecule has 0 radical (unpaired) electrons. The van der Waals surface area contributed by atoms with Gasteiger partial charge < -0.3 is 0 Å². The van der Waals surface area contributed by atoms with Crippen molar-refractivity contribution in [2.75, 3.05) is 0 Å². The first-order chi connectivity index (χ1) is 5.79. The topological polar surface area (TPSA) is 25.8 Å². The minimum Gasteiger partial charge on any atom is -0.264 e. The minimum atomic E-state index is 0.529. The highest BCUT2D eigenvalue weighted by atomic mass is 32.1. The summed E-state index contributed by atoms with van der Waals surface area (Å²) in [6.45, 7) is 4.35. The van der Waals surface area contributed by atoms with Gasteiger partial charge in [0.25, 0.3) is 0 Å². The summed E-state index contributed by atoms with van der Waals surface area (Å²) in [6, 6.07) is 0. The predicted octanol–water partition coefficient (Wildman–Crippen LogP) is 2.81. The maximum atomic E-state index is 4.17. The van der Waals surface area contributed by atoms with Crippen LogP contribution in [0.4, 0.5) is 0 Å². The molecule has 0 bridgehead atoms. The summed E-state index contributed by atoms with van der Waals surface area (Å²) in [5.41, 5.74) is 1.30. The third kappa shape index (κ3) is 1.10. The fraction of sp³-hybridized carbons (Fsp3) is 0.333. The summed E-state index contributed by atoms with van der Waals surface area (Å²) in [5.74, 6) is 0.529. The van der Waals surface area contributed by atoms with Crippen LogP contribution < -0.4 is 0 Å². The fourth-order valence-electron chi connectivity index (χ4n) is 1.23. The highest BCUT2D eigenvalue weighted by Gasteiger charge is 2.06. The van der Waals surface area contributed by atoms with E-state index in [1.807, 2.05) is 18.6 Å². The second-order valence-corrected chi connectivity index (χ2v) is 3.93. The summed E-state index contributed by atoms with van der Waals surface area (Å²) in [5, 5.41) is 1.16. The highest BCUT2D eigenvalue weighted by Crippen LogP contribution is 2.26. The van der Waals surface area contributed by atoms with E-state index in [-0.39, 0.29) is 0 Å². The Hall–Kier alpha value is -0.960. The Kier molecular flexibility index (Phi) is 1.81. The lowest BCUT2D eigenvalue weighted by atomic mass is 10.1. The average Bonchev–Trinajstić information content (AvgIpc) is 2.49. The second-order valence-electron chi connectivity index (χ2n) is 3.13. The Morgan fingerprint density at radius 2 is 2.08 bits per heavy atom. The maximum absolute atomic E-state index is 4.17. The van der Waals surface area contributed by atoms with E-state index in [0.717, 1.165) is 5.39 Å². The molecule has 2 heterocycles. The Bertz CT molecular complexity index is 392. The summed E-state index contributed by atoms with van der Waals surface area (Å²) in [4.78, 5) is 4.17. The van der Waals surface area contributed by atoms with Crippen molar-refractivity contribution in [3.05, 3.63) is 24.2 Å². The zero-order valence-corrected chi connectivity index (χ0v) is 7.93. The molecule has 0 atom stereocenters.